The van der Waals surface area contributed by atoms with Crippen LogP contribution in [-0.2, 0) is 4.79 Å². The molecular weight excluding hydrogens is 361 g/mol. The number of hydrogen-bond donors (Lipinski definition) is 1. The van der Waals surface area contributed by atoms with Gasteiger partial charge in [0, 0.05) is 38.3 Å². The Morgan fingerprint density at radius 3 is 2.46 bits per heavy atom. The van der Waals surface area contributed by atoms with Crippen molar-refractivity contribution in [3.63, 3.8) is 0 Å². The van der Waals surface area contributed by atoms with E-state index in [9.17, 15) is 14.0 Å². The van der Waals surface area contributed by atoms with Gasteiger partial charge >= 0.3 is 0 Å². The molecule has 150 valence electrons. The van der Waals surface area contributed by atoms with E-state index in [0.29, 0.717) is 45.0 Å². The van der Waals surface area contributed by atoms with Crippen LogP contribution in [0.25, 0.3) is 11.3 Å². The van der Waals surface area contributed by atoms with Crippen LogP contribution >= 0.6 is 0 Å². The van der Waals surface area contributed by atoms with Crippen LogP contribution in [0.2, 0.25) is 0 Å². The van der Waals surface area contributed by atoms with E-state index in [1.165, 1.54) is 12.1 Å². The van der Waals surface area contributed by atoms with Crippen molar-refractivity contribution in [3.05, 3.63) is 48.0 Å². The van der Waals surface area contributed by atoms with Gasteiger partial charge in [0.05, 0.1) is 6.54 Å². The van der Waals surface area contributed by atoms with Gasteiger partial charge in [-0.25, -0.2) is 4.39 Å². The van der Waals surface area contributed by atoms with Gasteiger partial charge in [-0.05, 0) is 42.8 Å². The average Bonchev–Trinajstić information content (AvgIpc) is 3.19. The lowest BCUT2D eigenvalue weighted by molar-refractivity contribution is -0.122. The lowest BCUT2D eigenvalue weighted by Crippen LogP contribution is -2.51. The normalized spacial score (nSPS) is 14.9. The summed E-state index contributed by atoms with van der Waals surface area (Å²) in [7, 11) is 0. The van der Waals surface area contributed by atoms with E-state index in [0.717, 1.165) is 18.4 Å². The maximum Gasteiger partial charge on any atom is 0.289 e. The van der Waals surface area contributed by atoms with E-state index in [1.54, 1.807) is 29.2 Å². The molecule has 0 spiro atoms. The van der Waals surface area contributed by atoms with Crippen molar-refractivity contribution in [1.29, 1.82) is 0 Å². The van der Waals surface area contributed by atoms with Gasteiger partial charge in [-0.2, -0.15) is 0 Å². The highest BCUT2D eigenvalue weighted by Gasteiger charge is 2.25. The fourth-order valence-electron chi connectivity index (χ4n) is 3.15. The quantitative estimate of drug-likeness (QED) is 0.742. The summed E-state index contributed by atoms with van der Waals surface area (Å²) in [5, 5.41) is 2.91. The topological polar surface area (TPSA) is 65.8 Å². The molecule has 0 unspecified atom stereocenters. The van der Waals surface area contributed by atoms with Crippen LogP contribution in [0.15, 0.2) is 40.8 Å². The van der Waals surface area contributed by atoms with E-state index in [-0.39, 0.29) is 23.4 Å². The molecule has 7 heteroatoms. The number of carbonyl (C=O) groups is 2. The SMILES string of the molecule is CCCCNC(=O)CN1CCN(C(=O)c2ccc(-c3ccc(F)cc3)o2)CC1. The minimum absolute atomic E-state index is 0.0307. The first-order valence-electron chi connectivity index (χ1n) is 9.71. The minimum atomic E-state index is -0.316. The van der Waals surface area contributed by atoms with Crippen LogP contribution in [0.3, 0.4) is 0 Å². The molecule has 28 heavy (non-hydrogen) atoms. The number of benzene rings is 1. The van der Waals surface area contributed by atoms with Gasteiger partial charge < -0.3 is 14.6 Å². The first-order valence-corrected chi connectivity index (χ1v) is 9.71. The number of furan rings is 1. The first kappa shape index (κ1) is 20.1. The van der Waals surface area contributed by atoms with Crippen LogP contribution in [0.4, 0.5) is 4.39 Å². The van der Waals surface area contributed by atoms with Crippen molar-refractivity contribution in [3.8, 4) is 11.3 Å². The molecule has 1 aliphatic heterocycles. The monoisotopic (exact) mass is 387 g/mol. The summed E-state index contributed by atoms with van der Waals surface area (Å²) in [6.07, 6.45) is 2.04. The second kappa shape index (κ2) is 9.50. The summed E-state index contributed by atoms with van der Waals surface area (Å²) in [6.45, 7) is 5.56. The highest BCUT2D eigenvalue weighted by molar-refractivity contribution is 5.92. The number of amides is 2. The molecule has 1 aromatic heterocycles. The zero-order valence-electron chi connectivity index (χ0n) is 16.1. The van der Waals surface area contributed by atoms with Crippen LogP contribution in [0, 0.1) is 5.82 Å². The van der Waals surface area contributed by atoms with Crippen molar-refractivity contribution in [2.45, 2.75) is 19.8 Å². The third-order valence-electron chi connectivity index (χ3n) is 4.82. The van der Waals surface area contributed by atoms with E-state index in [4.69, 9.17) is 4.42 Å². The van der Waals surface area contributed by atoms with Crippen molar-refractivity contribution in [2.75, 3.05) is 39.3 Å². The number of halogens is 1. The largest absolute Gasteiger partial charge is 0.451 e. The third-order valence-corrected chi connectivity index (χ3v) is 4.82. The summed E-state index contributed by atoms with van der Waals surface area (Å²) in [6, 6.07) is 9.32. The Balaban J connectivity index is 1.50. The highest BCUT2D eigenvalue weighted by atomic mass is 19.1. The average molecular weight is 387 g/mol. The maximum absolute atomic E-state index is 13.0. The van der Waals surface area contributed by atoms with Crippen LogP contribution in [0.5, 0.6) is 0 Å². The number of rotatable bonds is 7. The number of carbonyl (C=O) groups excluding carboxylic acids is 2. The second-order valence-electron chi connectivity index (χ2n) is 6.94. The Hall–Kier alpha value is -2.67. The van der Waals surface area contributed by atoms with E-state index in [2.05, 4.69) is 17.1 Å². The molecule has 2 heterocycles. The molecule has 2 aromatic rings. The number of piperazine rings is 1. The van der Waals surface area contributed by atoms with Gasteiger partial charge in [0.25, 0.3) is 5.91 Å². The molecule has 3 rings (SSSR count). The van der Waals surface area contributed by atoms with Gasteiger partial charge in [-0.1, -0.05) is 13.3 Å². The Morgan fingerprint density at radius 1 is 1.07 bits per heavy atom. The fourth-order valence-corrected chi connectivity index (χ4v) is 3.15. The summed E-state index contributed by atoms with van der Waals surface area (Å²) in [4.78, 5) is 28.4. The van der Waals surface area contributed by atoms with Crippen molar-refractivity contribution < 1.29 is 18.4 Å². The van der Waals surface area contributed by atoms with E-state index < -0.39 is 0 Å². The van der Waals surface area contributed by atoms with Crippen LogP contribution in [-0.4, -0.2) is 60.9 Å². The van der Waals surface area contributed by atoms with Crippen LogP contribution < -0.4 is 5.32 Å². The zero-order valence-corrected chi connectivity index (χ0v) is 16.1. The maximum atomic E-state index is 13.0. The minimum Gasteiger partial charge on any atom is -0.451 e. The highest BCUT2D eigenvalue weighted by Crippen LogP contribution is 2.23. The molecule has 1 aromatic carbocycles. The molecule has 1 saturated heterocycles. The second-order valence-corrected chi connectivity index (χ2v) is 6.94. The fraction of sp³-hybridized carbons (Fsp3) is 0.429. The van der Waals surface area contributed by atoms with Gasteiger partial charge in [0.2, 0.25) is 5.91 Å². The van der Waals surface area contributed by atoms with Crippen molar-refractivity contribution in [2.24, 2.45) is 0 Å². The summed E-state index contributed by atoms with van der Waals surface area (Å²) >= 11 is 0. The number of nitrogens with zero attached hydrogens (tertiary/aromatic N) is 2. The molecule has 0 bridgehead atoms. The molecule has 1 aliphatic rings. The third kappa shape index (κ3) is 5.19. The smallest absolute Gasteiger partial charge is 0.289 e. The molecule has 0 saturated carbocycles. The Kier molecular flexibility index (Phi) is 6.81. The number of unbranched alkanes of at least 4 members (excludes halogenated alkanes) is 1. The molecule has 0 radical (unpaired) electrons. The predicted octanol–water partition coefficient (Wildman–Crippen LogP) is 2.76. The van der Waals surface area contributed by atoms with Gasteiger partial charge in [-0.3, -0.25) is 14.5 Å². The predicted molar refractivity (Wildman–Crippen MR) is 104 cm³/mol. The molecule has 2 amide bonds. The van der Waals surface area contributed by atoms with Crippen LogP contribution in [0.1, 0.15) is 30.3 Å². The number of nitrogens with one attached hydrogen (secondary N) is 1. The lowest BCUT2D eigenvalue weighted by atomic mass is 10.2. The van der Waals surface area contributed by atoms with Crippen molar-refractivity contribution >= 4 is 11.8 Å². The number of hydrogen-bond acceptors (Lipinski definition) is 4. The van der Waals surface area contributed by atoms with Gasteiger partial charge in [0.1, 0.15) is 11.6 Å². The molecule has 0 aliphatic carbocycles. The molecule has 1 N–H and O–H groups in total. The zero-order chi connectivity index (χ0) is 19.9. The van der Waals surface area contributed by atoms with Gasteiger partial charge in [-0.15, -0.1) is 0 Å². The van der Waals surface area contributed by atoms with E-state index in [1.807, 2.05) is 0 Å². The summed E-state index contributed by atoms with van der Waals surface area (Å²) < 4.78 is 18.7. The first-order chi connectivity index (χ1) is 13.6. The molecular formula is C21H26FN3O3. The van der Waals surface area contributed by atoms with Crippen molar-refractivity contribution in [1.82, 2.24) is 15.1 Å². The molecule has 1 fully saturated rings. The summed E-state index contributed by atoms with van der Waals surface area (Å²) in [5.41, 5.74) is 0.722. The lowest BCUT2D eigenvalue weighted by Gasteiger charge is -2.33. The standard InChI is InChI=1S/C21H26FN3O3/c1-2-3-10-23-20(26)15-24-11-13-25(14-12-24)21(27)19-9-8-18(28-19)16-4-6-17(22)7-5-16/h4-9H,2-3,10-15H2,1H3,(H,23,26). The summed E-state index contributed by atoms with van der Waals surface area (Å²) in [5.74, 6) is 0.350. The van der Waals surface area contributed by atoms with E-state index >= 15 is 0 Å². The van der Waals surface area contributed by atoms with Gasteiger partial charge in [0.15, 0.2) is 5.76 Å². The Bertz CT molecular complexity index is 795. The molecule has 6 nitrogen and oxygen atoms in total. The Morgan fingerprint density at radius 2 is 1.79 bits per heavy atom. The molecule has 0 atom stereocenters. The Labute approximate surface area is 164 Å².